The highest BCUT2D eigenvalue weighted by Gasteiger charge is 2.37. The van der Waals surface area contributed by atoms with Crippen LogP contribution in [-0.2, 0) is 6.18 Å². The number of fused-ring (bicyclic) bond motifs is 3. The predicted octanol–water partition coefficient (Wildman–Crippen LogP) is 3.85. The monoisotopic (exact) mass is 370 g/mol. The largest absolute Gasteiger partial charge is 0.451 e. The number of nitrogens with one attached hydrogen (secondary N) is 1. The zero-order chi connectivity index (χ0) is 17.8. The average molecular weight is 371 g/mol. The first kappa shape index (κ1) is 16.4. The quantitative estimate of drug-likeness (QED) is 0.742. The van der Waals surface area contributed by atoms with Crippen molar-refractivity contribution < 1.29 is 17.6 Å². The maximum absolute atomic E-state index is 13.3. The molecule has 3 heterocycles. The summed E-state index contributed by atoms with van der Waals surface area (Å²) in [5, 5.41) is 3.98. The molecule has 4 rings (SSSR count). The summed E-state index contributed by atoms with van der Waals surface area (Å²) in [5.74, 6) is -1.01. The molecule has 1 fully saturated rings. The van der Waals surface area contributed by atoms with Gasteiger partial charge < -0.3 is 14.6 Å². The van der Waals surface area contributed by atoms with Crippen LogP contribution in [0, 0.1) is 0 Å². The summed E-state index contributed by atoms with van der Waals surface area (Å²) < 4.78 is 45.7. The highest BCUT2D eigenvalue weighted by Crippen LogP contribution is 2.38. The van der Waals surface area contributed by atoms with Crippen molar-refractivity contribution in [2.45, 2.75) is 18.6 Å². The third-order valence-corrected chi connectivity index (χ3v) is 4.64. The molecule has 1 atom stereocenters. The van der Waals surface area contributed by atoms with Crippen LogP contribution in [0.15, 0.2) is 22.6 Å². The topological polar surface area (TPSA) is 54.2 Å². The van der Waals surface area contributed by atoms with E-state index in [-0.39, 0.29) is 23.0 Å². The number of likely N-dealkylation sites (N-methyl/N-ethyl adjacent to an activating group) is 1. The fourth-order valence-electron chi connectivity index (χ4n) is 3.13. The van der Waals surface area contributed by atoms with Crippen molar-refractivity contribution in [1.29, 1.82) is 0 Å². The van der Waals surface area contributed by atoms with Gasteiger partial charge >= 0.3 is 6.18 Å². The summed E-state index contributed by atoms with van der Waals surface area (Å²) >= 11 is 5.98. The summed E-state index contributed by atoms with van der Waals surface area (Å²) in [6.07, 6.45) is -3.83. The van der Waals surface area contributed by atoms with E-state index in [1.54, 1.807) is 23.1 Å². The first-order valence-corrected chi connectivity index (χ1v) is 8.14. The Morgan fingerprint density at radius 1 is 1.32 bits per heavy atom. The third kappa shape index (κ3) is 2.79. The minimum Gasteiger partial charge on any atom is -0.450 e. The van der Waals surface area contributed by atoms with E-state index in [0.29, 0.717) is 29.1 Å². The van der Waals surface area contributed by atoms with Crippen molar-refractivity contribution in [3.05, 3.63) is 29.0 Å². The Hall–Kier alpha value is -2.06. The van der Waals surface area contributed by atoms with Crippen molar-refractivity contribution >= 4 is 39.5 Å². The molecule has 9 heteroatoms. The minimum absolute atomic E-state index is 0.128. The van der Waals surface area contributed by atoms with Crippen molar-refractivity contribution in [3.8, 4) is 0 Å². The lowest BCUT2D eigenvalue weighted by Crippen LogP contribution is -2.30. The number of rotatable bonds is 2. The van der Waals surface area contributed by atoms with Gasteiger partial charge in [-0.05, 0) is 31.7 Å². The number of anilines is 1. The lowest BCUT2D eigenvalue weighted by atomic mass is 10.2. The summed E-state index contributed by atoms with van der Waals surface area (Å²) in [6, 6.07) is 4.99. The molecule has 1 aliphatic rings. The summed E-state index contributed by atoms with van der Waals surface area (Å²) in [5.41, 5.74) is 0.809. The number of nitrogens with zero attached hydrogens (tertiary/aromatic N) is 3. The highest BCUT2D eigenvalue weighted by molar-refractivity contribution is 6.31. The van der Waals surface area contributed by atoms with Crippen LogP contribution < -0.4 is 10.2 Å². The smallest absolute Gasteiger partial charge is 0.450 e. The number of alkyl halides is 3. The Kier molecular flexibility index (Phi) is 3.77. The van der Waals surface area contributed by atoms with Gasteiger partial charge in [-0.15, -0.1) is 0 Å². The zero-order valence-electron chi connectivity index (χ0n) is 13.2. The molecule has 1 aromatic carbocycles. The second-order valence-corrected chi connectivity index (χ2v) is 6.45. The fraction of sp³-hybridized carbons (Fsp3) is 0.375. The standard InChI is InChI=1S/C16H14ClF3N4O/c1-21-9-4-5-24(7-9)14-13-12(22-15(23-14)16(18,19)20)10-6-8(17)2-3-11(10)25-13/h2-3,6,9,21H,4-5,7H2,1H3/t9-/m1/s1. The number of hydrogen-bond donors (Lipinski definition) is 1. The number of furan rings is 1. The number of benzene rings is 1. The van der Waals surface area contributed by atoms with Crippen LogP contribution >= 0.6 is 11.6 Å². The first-order chi connectivity index (χ1) is 11.9. The van der Waals surface area contributed by atoms with Crippen molar-refractivity contribution in [3.63, 3.8) is 0 Å². The van der Waals surface area contributed by atoms with E-state index in [9.17, 15) is 13.2 Å². The van der Waals surface area contributed by atoms with E-state index in [1.807, 2.05) is 7.05 Å². The van der Waals surface area contributed by atoms with Gasteiger partial charge in [0.25, 0.3) is 0 Å². The zero-order valence-corrected chi connectivity index (χ0v) is 13.9. The lowest BCUT2D eigenvalue weighted by Gasteiger charge is -2.18. The molecule has 0 aliphatic carbocycles. The van der Waals surface area contributed by atoms with E-state index in [2.05, 4.69) is 15.3 Å². The molecule has 132 valence electrons. The third-order valence-electron chi connectivity index (χ3n) is 4.41. The SMILES string of the molecule is CN[C@@H]1CCN(c2nc(C(F)(F)F)nc3c2oc2ccc(Cl)cc23)C1. The Bertz CT molecular complexity index is 956. The van der Waals surface area contributed by atoms with E-state index >= 15 is 0 Å². The Labute approximate surface area is 145 Å². The molecular formula is C16H14ClF3N4O. The Balaban J connectivity index is 1.98. The molecular weight excluding hydrogens is 357 g/mol. The summed E-state index contributed by atoms with van der Waals surface area (Å²) in [7, 11) is 1.83. The van der Waals surface area contributed by atoms with Crippen molar-refractivity contribution in [2.24, 2.45) is 0 Å². The van der Waals surface area contributed by atoms with Crippen LogP contribution in [0.2, 0.25) is 5.02 Å². The highest BCUT2D eigenvalue weighted by atomic mass is 35.5. The molecule has 3 aromatic rings. The second-order valence-electron chi connectivity index (χ2n) is 6.01. The molecule has 0 unspecified atom stereocenters. The van der Waals surface area contributed by atoms with Gasteiger partial charge in [0.1, 0.15) is 11.1 Å². The molecule has 25 heavy (non-hydrogen) atoms. The molecule has 0 radical (unpaired) electrons. The summed E-state index contributed by atoms with van der Waals surface area (Å²) in [6.45, 7) is 1.14. The second kappa shape index (κ2) is 5.74. The number of halogens is 4. The van der Waals surface area contributed by atoms with E-state index in [4.69, 9.17) is 16.0 Å². The average Bonchev–Trinajstić information content (AvgIpc) is 3.17. The van der Waals surface area contributed by atoms with Crippen LogP contribution in [0.5, 0.6) is 0 Å². The molecule has 1 aliphatic heterocycles. The van der Waals surface area contributed by atoms with Crippen LogP contribution in [0.3, 0.4) is 0 Å². The molecule has 0 bridgehead atoms. The Morgan fingerprint density at radius 3 is 2.80 bits per heavy atom. The van der Waals surface area contributed by atoms with Gasteiger partial charge in [-0.1, -0.05) is 11.6 Å². The maximum Gasteiger partial charge on any atom is 0.451 e. The molecule has 0 spiro atoms. The molecule has 5 nitrogen and oxygen atoms in total. The van der Waals surface area contributed by atoms with E-state index < -0.39 is 12.0 Å². The number of hydrogen-bond acceptors (Lipinski definition) is 5. The number of aromatic nitrogens is 2. The normalized spacial score (nSPS) is 18.6. The van der Waals surface area contributed by atoms with Crippen LogP contribution in [0.4, 0.5) is 19.0 Å². The van der Waals surface area contributed by atoms with Crippen molar-refractivity contribution in [2.75, 3.05) is 25.0 Å². The van der Waals surface area contributed by atoms with Crippen molar-refractivity contribution in [1.82, 2.24) is 15.3 Å². The predicted molar refractivity (Wildman–Crippen MR) is 89.0 cm³/mol. The maximum atomic E-state index is 13.3. The van der Waals surface area contributed by atoms with Gasteiger partial charge in [0.15, 0.2) is 11.4 Å². The van der Waals surface area contributed by atoms with Crippen LogP contribution in [-0.4, -0.2) is 36.1 Å². The molecule has 1 saturated heterocycles. The lowest BCUT2D eigenvalue weighted by molar-refractivity contribution is -0.144. The van der Waals surface area contributed by atoms with Crippen LogP contribution in [0.1, 0.15) is 12.2 Å². The molecule has 0 amide bonds. The van der Waals surface area contributed by atoms with Gasteiger partial charge in [-0.25, -0.2) is 9.97 Å². The van der Waals surface area contributed by atoms with Gasteiger partial charge in [0.05, 0.1) is 0 Å². The first-order valence-electron chi connectivity index (χ1n) is 7.76. The molecule has 2 aromatic heterocycles. The van der Waals surface area contributed by atoms with Gasteiger partial charge in [-0.2, -0.15) is 13.2 Å². The Morgan fingerprint density at radius 2 is 2.12 bits per heavy atom. The van der Waals surface area contributed by atoms with Gasteiger partial charge in [-0.3, -0.25) is 0 Å². The molecule has 1 N–H and O–H groups in total. The van der Waals surface area contributed by atoms with E-state index in [0.717, 1.165) is 6.42 Å². The van der Waals surface area contributed by atoms with Gasteiger partial charge in [0, 0.05) is 29.5 Å². The van der Waals surface area contributed by atoms with E-state index in [1.165, 1.54) is 0 Å². The van der Waals surface area contributed by atoms with Crippen LogP contribution in [0.25, 0.3) is 22.1 Å². The summed E-state index contributed by atoms with van der Waals surface area (Å²) in [4.78, 5) is 9.29. The minimum atomic E-state index is -4.65. The van der Waals surface area contributed by atoms with Gasteiger partial charge in [0.2, 0.25) is 5.82 Å². The molecule has 0 saturated carbocycles. The fourth-order valence-corrected chi connectivity index (χ4v) is 3.30.